The number of aryl methyl sites for hydroxylation is 1. The first-order valence-corrected chi connectivity index (χ1v) is 14.4. The molecule has 0 saturated heterocycles. The average Bonchev–Trinajstić information content (AvgIpc) is 2.55. The smallest absolute Gasteiger partial charge is 0.226 e. The summed E-state index contributed by atoms with van der Waals surface area (Å²) in [6.07, 6.45) is 2.00. The monoisotopic (exact) mass is 510 g/mol. The second kappa shape index (κ2) is 11.0. The molecule has 1 atom stereocenters. The van der Waals surface area contributed by atoms with Crippen molar-refractivity contribution in [1.29, 1.82) is 0 Å². The minimum atomic E-state index is -1.06. The molecule has 4 nitrogen and oxygen atoms in total. The molecule has 0 radical (unpaired) electrons. The first kappa shape index (κ1) is 23.9. The summed E-state index contributed by atoms with van der Waals surface area (Å²) in [6.45, 7) is 15.1. The lowest BCUT2D eigenvalue weighted by molar-refractivity contribution is 0.118. The van der Waals surface area contributed by atoms with Crippen molar-refractivity contribution in [1.82, 2.24) is 9.97 Å². The SMILES string of the molecule is CC/C(=C(\I)c1c(C)nc(Cl)nc1OC)C(CC)COCC[Si](C)(C)C. The van der Waals surface area contributed by atoms with Gasteiger partial charge in [-0.1, -0.05) is 39.1 Å². The number of hydrogen-bond acceptors (Lipinski definition) is 4. The van der Waals surface area contributed by atoms with E-state index in [2.05, 4.69) is 66.0 Å². The van der Waals surface area contributed by atoms with Gasteiger partial charge in [-0.05, 0) is 60.0 Å². The van der Waals surface area contributed by atoms with E-state index in [0.717, 1.165) is 40.9 Å². The van der Waals surface area contributed by atoms with Crippen molar-refractivity contribution in [3.63, 3.8) is 0 Å². The molecule has 148 valence electrons. The molecule has 1 unspecified atom stereocenters. The Morgan fingerprint density at radius 2 is 1.88 bits per heavy atom. The molecular formula is C19H32ClIN2O2Si. The highest BCUT2D eigenvalue weighted by Crippen LogP contribution is 2.38. The molecular weight excluding hydrogens is 479 g/mol. The Bertz CT molecular complexity index is 633. The van der Waals surface area contributed by atoms with Crippen LogP contribution in [0.5, 0.6) is 5.88 Å². The first-order valence-electron chi connectivity index (χ1n) is 9.19. The van der Waals surface area contributed by atoms with Crippen LogP contribution in [0, 0.1) is 12.8 Å². The fraction of sp³-hybridized carbons (Fsp3) is 0.684. The molecule has 1 aromatic rings. The zero-order valence-electron chi connectivity index (χ0n) is 17.1. The van der Waals surface area contributed by atoms with E-state index in [1.54, 1.807) is 7.11 Å². The van der Waals surface area contributed by atoms with Crippen molar-refractivity contribution in [3.05, 3.63) is 22.1 Å². The summed E-state index contributed by atoms with van der Waals surface area (Å²) >= 11 is 8.39. The van der Waals surface area contributed by atoms with Crippen molar-refractivity contribution in [2.45, 2.75) is 59.3 Å². The Labute approximate surface area is 178 Å². The molecule has 0 fully saturated rings. The molecule has 0 amide bonds. The Balaban J connectivity index is 3.09. The van der Waals surface area contributed by atoms with E-state index >= 15 is 0 Å². The van der Waals surface area contributed by atoms with Crippen molar-refractivity contribution in [2.24, 2.45) is 5.92 Å². The topological polar surface area (TPSA) is 44.2 Å². The predicted molar refractivity (Wildman–Crippen MR) is 122 cm³/mol. The molecule has 1 rings (SSSR count). The molecule has 0 aliphatic carbocycles. The van der Waals surface area contributed by atoms with Crippen molar-refractivity contribution in [3.8, 4) is 5.88 Å². The summed E-state index contributed by atoms with van der Waals surface area (Å²) in [7, 11) is 0.560. The number of methoxy groups -OCH3 is 1. The average molecular weight is 511 g/mol. The van der Waals surface area contributed by atoms with Crippen LogP contribution >= 0.6 is 34.2 Å². The van der Waals surface area contributed by atoms with E-state index in [9.17, 15) is 0 Å². The van der Waals surface area contributed by atoms with Crippen LogP contribution in [0.25, 0.3) is 3.58 Å². The lowest BCUT2D eigenvalue weighted by Crippen LogP contribution is -2.23. The van der Waals surface area contributed by atoms with Crippen LogP contribution in [0.1, 0.15) is 37.9 Å². The van der Waals surface area contributed by atoms with Crippen molar-refractivity contribution in [2.75, 3.05) is 20.3 Å². The lowest BCUT2D eigenvalue weighted by atomic mass is 9.93. The fourth-order valence-corrected chi connectivity index (χ4v) is 5.17. The van der Waals surface area contributed by atoms with Crippen LogP contribution in [-0.2, 0) is 4.74 Å². The Morgan fingerprint density at radius 3 is 2.38 bits per heavy atom. The second-order valence-corrected chi connectivity index (χ2v) is 14.7. The molecule has 0 spiro atoms. The lowest BCUT2D eigenvalue weighted by Gasteiger charge is -2.23. The van der Waals surface area contributed by atoms with E-state index < -0.39 is 8.07 Å². The van der Waals surface area contributed by atoms with Crippen LogP contribution < -0.4 is 4.74 Å². The highest BCUT2D eigenvalue weighted by molar-refractivity contribution is 14.1. The van der Waals surface area contributed by atoms with Crippen molar-refractivity contribution < 1.29 is 9.47 Å². The number of halogens is 2. The number of nitrogens with zero attached hydrogens (tertiary/aromatic N) is 2. The molecule has 0 bridgehead atoms. The van der Waals surface area contributed by atoms with Crippen LogP contribution in [0.15, 0.2) is 5.57 Å². The van der Waals surface area contributed by atoms with Gasteiger partial charge in [0.25, 0.3) is 0 Å². The quantitative estimate of drug-likeness (QED) is 0.158. The molecule has 1 heterocycles. The Morgan fingerprint density at radius 1 is 1.23 bits per heavy atom. The third kappa shape index (κ3) is 7.09. The molecule has 0 saturated carbocycles. The van der Waals surface area contributed by atoms with Crippen LogP contribution in [0.2, 0.25) is 31.0 Å². The minimum Gasteiger partial charge on any atom is -0.480 e. The van der Waals surface area contributed by atoms with Gasteiger partial charge in [0.2, 0.25) is 11.2 Å². The highest BCUT2D eigenvalue weighted by atomic mass is 127. The minimum absolute atomic E-state index is 0.215. The van der Waals surface area contributed by atoms with Gasteiger partial charge in [-0.2, -0.15) is 4.98 Å². The van der Waals surface area contributed by atoms with E-state index in [0.29, 0.717) is 11.8 Å². The standard InChI is InChI=1S/C19H32ClIN2O2Si/c1-8-14(12-25-10-11-26(5,6)7)15(9-2)17(21)16-13(3)22-19(20)23-18(16)24-4/h14H,8-12H2,1-7H3/b17-15+. The summed E-state index contributed by atoms with van der Waals surface area (Å²) in [5.74, 6) is 0.917. The number of aromatic nitrogens is 2. The Kier molecular flexibility index (Phi) is 10.1. The van der Waals surface area contributed by atoms with Gasteiger partial charge in [-0.25, -0.2) is 4.98 Å². The van der Waals surface area contributed by atoms with Gasteiger partial charge in [0.15, 0.2) is 0 Å². The van der Waals surface area contributed by atoms with Crippen molar-refractivity contribution >= 4 is 45.8 Å². The van der Waals surface area contributed by atoms with Gasteiger partial charge in [0.1, 0.15) is 0 Å². The van der Waals surface area contributed by atoms with Gasteiger partial charge in [-0.3, -0.25) is 0 Å². The fourth-order valence-electron chi connectivity index (χ4n) is 2.77. The molecule has 0 aliphatic rings. The van der Waals surface area contributed by atoms with Crippen LogP contribution in [0.3, 0.4) is 0 Å². The van der Waals surface area contributed by atoms with Gasteiger partial charge >= 0.3 is 0 Å². The summed E-state index contributed by atoms with van der Waals surface area (Å²) in [5, 5.41) is 0.215. The maximum atomic E-state index is 6.05. The molecule has 0 N–H and O–H groups in total. The summed E-state index contributed by atoms with van der Waals surface area (Å²) in [6, 6.07) is 1.20. The first-order chi connectivity index (χ1) is 12.1. The molecule has 7 heteroatoms. The zero-order chi connectivity index (χ0) is 19.9. The number of ether oxygens (including phenoxy) is 2. The number of hydrogen-bond donors (Lipinski definition) is 0. The second-order valence-electron chi connectivity index (χ2n) is 7.65. The molecule has 1 aromatic heterocycles. The van der Waals surface area contributed by atoms with E-state index in [1.807, 2.05) is 6.92 Å². The van der Waals surface area contributed by atoms with E-state index in [-0.39, 0.29) is 5.28 Å². The van der Waals surface area contributed by atoms with Gasteiger partial charge in [-0.15, -0.1) is 0 Å². The normalized spacial score (nSPS) is 14.2. The largest absolute Gasteiger partial charge is 0.480 e. The molecule has 26 heavy (non-hydrogen) atoms. The van der Waals surface area contributed by atoms with Crippen LogP contribution in [-0.4, -0.2) is 38.4 Å². The van der Waals surface area contributed by atoms with Gasteiger partial charge in [0.05, 0.1) is 25.0 Å². The Hall–Kier alpha value is -0.183. The van der Waals surface area contributed by atoms with Gasteiger partial charge < -0.3 is 9.47 Å². The van der Waals surface area contributed by atoms with Crippen LogP contribution in [0.4, 0.5) is 0 Å². The summed E-state index contributed by atoms with van der Waals surface area (Å²) in [5.41, 5.74) is 3.15. The zero-order valence-corrected chi connectivity index (χ0v) is 21.0. The summed E-state index contributed by atoms with van der Waals surface area (Å²) in [4.78, 5) is 8.56. The maximum absolute atomic E-state index is 6.05. The highest BCUT2D eigenvalue weighted by Gasteiger charge is 2.22. The maximum Gasteiger partial charge on any atom is 0.226 e. The number of rotatable bonds is 10. The van der Waals surface area contributed by atoms with Gasteiger partial charge in [0, 0.05) is 24.2 Å². The van der Waals surface area contributed by atoms with E-state index in [4.69, 9.17) is 21.1 Å². The van der Waals surface area contributed by atoms with E-state index in [1.165, 1.54) is 11.6 Å². The third-order valence-electron chi connectivity index (χ3n) is 4.41. The molecule has 0 aliphatic heterocycles. The third-order valence-corrected chi connectivity index (χ3v) is 7.51. The summed E-state index contributed by atoms with van der Waals surface area (Å²) < 4.78 is 12.7. The molecule has 0 aromatic carbocycles. The predicted octanol–water partition coefficient (Wildman–Crippen LogP) is 6.38.